The molecule has 0 saturated heterocycles. The fourth-order valence-corrected chi connectivity index (χ4v) is 7.84. The first kappa shape index (κ1) is 40.0. The van der Waals surface area contributed by atoms with Crippen molar-refractivity contribution in [1.29, 1.82) is 0 Å². The maximum Gasteiger partial charge on any atom is 0.123 e. The van der Waals surface area contributed by atoms with Crippen molar-refractivity contribution >= 4 is 97.6 Å². The molecule has 4 rings (SSSR count). The Bertz CT molecular complexity index is 1350. The van der Waals surface area contributed by atoms with Gasteiger partial charge in [0.1, 0.15) is 23.3 Å². The molecular weight excluding hydrogens is 776 g/mol. The summed E-state index contributed by atoms with van der Waals surface area (Å²) in [6.45, 7) is 0. The number of halogens is 4. The van der Waals surface area contributed by atoms with Crippen molar-refractivity contribution in [2.45, 2.75) is 23.0 Å². The summed E-state index contributed by atoms with van der Waals surface area (Å²) in [7, 11) is 0. The third kappa shape index (κ3) is 16.0. The number of hydrogen-bond donors (Lipinski definition) is 0. The third-order valence-electron chi connectivity index (χ3n) is 5.37. The Morgan fingerprint density at radius 3 is 0.778 bits per heavy atom. The van der Waals surface area contributed by atoms with Gasteiger partial charge in [0, 0.05) is 39.5 Å². The van der Waals surface area contributed by atoms with Gasteiger partial charge >= 0.3 is 0 Å². The average molecular weight is 800 g/mol. The molecule has 13 heteroatoms. The molecule has 0 radical (unpaired) electrons. The summed E-state index contributed by atoms with van der Waals surface area (Å²) >= 11 is 26.8. The molecule has 0 aliphatic carbocycles. The first-order valence-electron chi connectivity index (χ1n) is 12.7. The second kappa shape index (κ2) is 21.7. The van der Waals surface area contributed by atoms with E-state index in [-0.39, 0.29) is 39.8 Å². The van der Waals surface area contributed by atoms with Gasteiger partial charge < -0.3 is 50.5 Å². The Morgan fingerprint density at radius 1 is 0.400 bits per heavy atom. The van der Waals surface area contributed by atoms with Crippen molar-refractivity contribution in [3.63, 3.8) is 0 Å². The van der Waals surface area contributed by atoms with Crippen LogP contribution in [-0.2, 0) is 90.0 Å². The van der Waals surface area contributed by atoms with Crippen molar-refractivity contribution in [2.75, 3.05) is 0 Å². The van der Waals surface area contributed by atoms with Crippen LogP contribution in [-0.4, -0.2) is 0 Å². The van der Waals surface area contributed by atoms with E-state index in [1.54, 1.807) is 24.3 Å². The summed E-state index contributed by atoms with van der Waals surface area (Å²) in [4.78, 5) is 0. The van der Waals surface area contributed by atoms with Gasteiger partial charge in [0.15, 0.2) is 0 Å². The van der Waals surface area contributed by atoms with E-state index in [9.17, 15) is 17.6 Å². The van der Waals surface area contributed by atoms with Gasteiger partial charge in [-0.15, -0.1) is 0 Å². The molecule has 45 heavy (non-hydrogen) atoms. The van der Waals surface area contributed by atoms with Crippen molar-refractivity contribution < 1.29 is 34.1 Å². The topological polar surface area (TPSA) is 0 Å². The number of rotatable bonds is 12. The molecule has 0 atom stereocenters. The zero-order valence-corrected chi connectivity index (χ0v) is 30.7. The maximum absolute atomic E-state index is 13.1. The van der Waals surface area contributed by atoms with Crippen molar-refractivity contribution in [2.24, 2.45) is 0 Å². The normalized spacial score (nSPS) is 11.8. The van der Waals surface area contributed by atoms with E-state index in [1.807, 2.05) is 24.3 Å². The minimum atomic E-state index is -0.257. The van der Waals surface area contributed by atoms with E-state index >= 15 is 0 Å². The molecule has 0 N–H and O–H groups in total. The molecule has 0 unspecified atom stereocenters. The molecule has 0 bridgehead atoms. The number of hydrogen-bond acceptors (Lipinski definition) is 8. The van der Waals surface area contributed by atoms with Gasteiger partial charge in [0.2, 0.25) is 0 Å². The molecule has 0 aromatic heterocycles. The van der Waals surface area contributed by atoms with Crippen molar-refractivity contribution in [3.05, 3.63) is 160 Å². The molecule has 242 valence electrons. The zero-order chi connectivity index (χ0) is 31.9. The van der Waals surface area contributed by atoms with Crippen LogP contribution in [0.15, 0.2) is 114 Å². The smallest absolute Gasteiger partial charge is 0.123 e. The van der Waals surface area contributed by atoms with E-state index in [0.29, 0.717) is 40.0 Å². The van der Waals surface area contributed by atoms with E-state index in [4.69, 9.17) is 50.5 Å². The third-order valence-corrected chi connectivity index (χ3v) is 12.4. The summed E-state index contributed by atoms with van der Waals surface area (Å²) in [6, 6.07) is 25.7. The van der Waals surface area contributed by atoms with Crippen LogP contribution in [0, 0.1) is 23.3 Å². The summed E-state index contributed by atoms with van der Waals surface area (Å²) in [6.07, 6.45) is 0. The van der Waals surface area contributed by atoms with Crippen LogP contribution in [0.5, 0.6) is 0 Å². The first-order chi connectivity index (χ1) is 21.1. The Morgan fingerprint density at radius 2 is 0.600 bits per heavy atom. The second-order valence-corrected chi connectivity index (χ2v) is 15.4. The average Bonchev–Trinajstić information content (AvgIpc) is 3.00. The Balaban J connectivity index is 0.000000307. The predicted octanol–water partition coefficient (Wildman–Crippen LogP) is 10.7. The summed E-state index contributed by atoms with van der Waals surface area (Å²) in [5, 5.41) is 0. The van der Waals surface area contributed by atoms with Gasteiger partial charge in [-0.1, -0.05) is 48.5 Å². The minimum absolute atomic E-state index is 0. The molecule has 0 spiro atoms. The van der Waals surface area contributed by atoms with E-state index in [0.717, 1.165) is 22.3 Å². The molecular formula is C32H24F4NiS8-4. The van der Waals surface area contributed by atoms with Crippen LogP contribution < -0.4 is 0 Å². The summed E-state index contributed by atoms with van der Waals surface area (Å²) in [5.74, 6) is 1.29. The molecule has 4 aromatic carbocycles. The van der Waals surface area contributed by atoms with Crippen LogP contribution in [0.1, 0.15) is 22.3 Å². The SMILES string of the molecule is Fc1cccc(CS/C([S-])=C(/[S-])SCc2cccc(F)c2)c1.Fc1cccc(CS/C([S-])=C(/[S-])SCc2cccc(F)c2)c1.[Ni]. The first-order valence-corrected chi connectivity index (χ1v) is 18.3. The predicted molar refractivity (Wildman–Crippen MR) is 194 cm³/mol. The monoisotopic (exact) mass is 798 g/mol. The molecule has 0 aliphatic rings. The molecule has 0 saturated carbocycles. The minimum Gasteiger partial charge on any atom is -0.774 e. The van der Waals surface area contributed by atoms with Gasteiger partial charge in [-0.3, -0.25) is 0 Å². The molecule has 4 aromatic rings. The van der Waals surface area contributed by atoms with Gasteiger partial charge in [-0.25, -0.2) is 17.6 Å². The summed E-state index contributed by atoms with van der Waals surface area (Å²) in [5.41, 5.74) is 3.46. The van der Waals surface area contributed by atoms with Gasteiger partial charge in [0.05, 0.1) is 0 Å². The molecule has 0 aliphatic heterocycles. The van der Waals surface area contributed by atoms with E-state index in [1.165, 1.54) is 95.6 Å². The number of benzene rings is 4. The van der Waals surface area contributed by atoms with Crippen LogP contribution in [0.25, 0.3) is 0 Å². The second-order valence-electron chi connectivity index (χ2n) is 8.82. The molecule has 0 fully saturated rings. The van der Waals surface area contributed by atoms with Gasteiger partial charge in [-0.05, 0) is 70.8 Å². The Hall–Kier alpha value is -1.15. The fraction of sp³-hybridized carbons (Fsp3) is 0.125. The molecule has 0 nitrogen and oxygen atoms in total. The largest absolute Gasteiger partial charge is 0.774 e. The molecule has 0 heterocycles. The van der Waals surface area contributed by atoms with Crippen molar-refractivity contribution in [3.8, 4) is 0 Å². The quantitative estimate of drug-likeness (QED) is 0.0780. The molecule has 0 amide bonds. The maximum atomic E-state index is 13.1. The standard InChI is InChI=1S/2C16H14F2S4.Ni/c2*17-13-5-1-3-11(7-13)9-21-15(19)16(20)22-10-12-4-2-6-14(18)8-12;/h2*1-8,19-20H,9-10H2;/p-4/b2*16-15-;. The Labute approximate surface area is 311 Å². The van der Waals surface area contributed by atoms with Crippen LogP contribution in [0.2, 0.25) is 0 Å². The van der Waals surface area contributed by atoms with Crippen LogP contribution in [0.3, 0.4) is 0 Å². The van der Waals surface area contributed by atoms with Crippen molar-refractivity contribution in [1.82, 2.24) is 0 Å². The number of thioether (sulfide) groups is 4. The van der Waals surface area contributed by atoms with Crippen LogP contribution >= 0.6 is 47.0 Å². The Kier molecular flexibility index (Phi) is 19.3. The van der Waals surface area contributed by atoms with E-state index in [2.05, 4.69) is 0 Å². The fourth-order valence-electron chi connectivity index (χ4n) is 3.34. The van der Waals surface area contributed by atoms with E-state index < -0.39 is 0 Å². The zero-order valence-electron chi connectivity index (χ0n) is 23.2. The van der Waals surface area contributed by atoms with Crippen LogP contribution in [0.4, 0.5) is 17.6 Å². The summed E-state index contributed by atoms with van der Waals surface area (Å²) < 4.78 is 54.8. The van der Waals surface area contributed by atoms with Gasteiger partial charge in [0.25, 0.3) is 0 Å². The van der Waals surface area contributed by atoms with Gasteiger partial charge in [-0.2, -0.15) is 64.0 Å².